The predicted octanol–water partition coefficient (Wildman–Crippen LogP) is 0.835. The lowest BCUT2D eigenvalue weighted by molar-refractivity contribution is -0.00578. The van der Waals surface area contributed by atoms with E-state index in [2.05, 4.69) is 18.7 Å². The number of rotatable bonds is 3. The fraction of sp³-hybridized carbons (Fsp3) is 1.00. The van der Waals surface area contributed by atoms with Gasteiger partial charge in [0.25, 0.3) is 0 Å². The average Bonchev–Trinajstić information content (AvgIpc) is 2.18. The van der Waals surface area contributed by atoms with Crippen molar-refractivity contribution < 1.29 is 4.74 Å². The third kappa shape index (κ3) is 2.66. The highest BCUT2D eigenvalue weighted by Gasteiger charge is 2.29. The van der Waals surface area contributed by atoms with Gasteiger partial charge in [0.1, 0.15) is 0 Å². The molecule has 0 saturated carbocycles. The summed E-state index contributed by atoms with van der Waals surface area (Å²) < 4.78 is 5.38. The van der Waals surface area contributed by atoms with E-state index < -0.39 is 0 Å². The zero-order valence-electron chi connectivity index (χ0n) is 9.05. The molecule has 1 aliphatic rings. The van der Waals surface area contributed by atoms with Crippen LogP contribution >= 0.6 is 0 Å². The standard InChI is InChI=1S/C10H22N2O/c1-10(2,8-11)12-6-4-5-9(7-12)13-3/h9H,4-8,11H2,1-3H3. The van der Waals surface area contributed by atoms with Crippen LogP contribution in [0.4, 0.5) is 0 Å². The molecule has 78 valence electrons. The molecule has 1 saturated heterocycles. The molecule has 0 aromatic rings. The van der Waals surface area contributed by atoms with Crippen LogP contribution in [-0.2, 0) is 4.74 Å². The Balaban J connectivity index is 2.50. The number of hydrogen-bond acceptors (Lipinski definition) is 3. The smallest absolute Gasteiger partial charge is 0.0698 e. The van der Waals surface area contributed by atoms with Gasteiger partial charge in [-0.15, -0.1) is 0 Å². The van der Waals surface area contributed by atoms with E-state index in [-0.39, 0.29) is 5.54 Å². The fourth-order valence-corrected chi connectivity index (χ4v) is 1.81. The Bertz CT molecular complexity index is 159. The first-order chi connectivity index (χ1) is 6.10. The van der Waals surface area contributed by atoms with Gasteiger partial charge in [0, 0.05) is 25.7 Å². The van der Waals surface area contributed by atoms with Gasteiger partial charge in [0.15, 0.2) is 0 Å². The molecule has 0 bridgehead atoms. The van der Waals surface area contributed by atoms with Gasteiger partial charge in [-0.2, -0.15) is 0 Å². The van der Waals surface area contributed by atoms with Crippen LogP contribution < -0.4 is 5.73 Å². The van der Waals surface area contributed by atoms with Crippen molar-refractivity contribution in [3.8, 4) is 0 Å². The van der Waals surface area contributed by atoms with E-state index in [0.29, 0.717) is 12.6 Å². The summed E-state index contributed by atoms with van der Waals surface area (Å²) in [4.78, 5) is 2.44. The first kappa shape index (κ1) is 11.0. The number of nitrogens with zero attached hydrogens (tertiary/aromatic N) is 1. The summed E-state index contributed by atoms with van der Waals surface area (Å²) in [5, 5.41) is 0. The molecule has 3 heteroatoms. The lowest BCUT2D eigenvalue weighted by atomic mass is 9.98. The molecule has 1 unspecified atom stereocenters. The van der Waals surface area contributed by atoms with Gasteiger partial charge in [0.2, 0.25) is 0 Å². The van der Waals surface area contributed by atoms with Gasteiger partial charge in [-0.25, -0.2) is 0 Å². The molecule has 13 heavy (non-hydrogen) atoms. The minimum absolute atomic E-state index is 0.122. The maximum absolute atomic E-state index is 5.74. The number of ether oxygens (including phenoxy) is 1. The highest BCUT2D eigenvalue weighted by Crippen LogP contribution is 2.20. The molecule has 1 atom stereocenters. The first-order valence-electron chi connectivity index (χ1n) is 5.08. The van der Waals surface area contributed by atoms with E-state index in [1.54, 1.807) is 7.11 Å². The Morgan fingerprint density at radius 1 is 1.54 bits per heavy atom. The van der Waals surface area contributed by atoms with Crippen molar-refractivity contribution in [3.63, 3.8) is 0 Å². The molecule has 0 radical (unpaired) electrons. The summed E-state index contributed by atoms with van der Waals surface area (Å²) in [6.45, 7) is 7.30. The highest BCUT2D eigenvalue weighted by molar-refractivity contribution is 4.86. The number of piperidine rings is 1. The Morgan fingerprint density at radius 2 is 2.23 bits per heavy atom. The lowest BCUT2D eigenvalue weighted by Crippen LogP contribution is -2.54. The number of methoxy groups -OCH3 is 1. The topological polar surface area (TPSA) is 38.5 Å². The summed E-state index contributed by atoms with van der Waals surface area (Å²) in [7, 11) is 1.80. The van der Waals surface area contributed by atoms with Crippen LogP contribution in [0.15, 0.2) is 0 Å². The van der Waals surface area contributed by atoms with E-state index >= 15 is 0 Å². The largest absolute Gasteiger partial charge is 0.380 e. The minimum Gasteiger partial charge on any atom is -0.380 e. The monoisotopic (exact) mass is 186 g/mol. The van der Waals surface area contributed by atoms with Gasteiger partial charge < -0.3 is 10.5 Å². The molecule has 1 rings (SSSR count). The van der Waals surface area contributed by atoms with E-state index in [1.165, 1.54) is 12.8 Å². The van der Waals surface area contributed by atoms with E-state index in [9.17, 15) is 0 Å². The number of likely N-dealkylation sites (tertiary alicyclic amines) is 1. The molecule has 3 nitrogen and oxygen atoms in total. The van der Waals surface area contributed by atoms with Crippen LogP contribution in [0.3, 0.4) is 0 Å². The Kier molecular flexibility index (Phi) is 3.71. The first-order valence-corrected chi connectivity index (χ1v) is 5.08. The second-order valence-corrected chi connectivity index (χ2v) is 4.46. The highest BCUT2D eigenvalue weighted by atomic mass is 16.5. The van der Waals surface area contributed by atoms with Crippen LogP contribution in [0, 0.1) is 0 Å². The third-order valence-electron chi connectivity index (χ3n) is 3.07. The maximum Gasteiger partial charge on any atom is 0.0698 e. The maximum atomic E-state index is 5.74. The molecule has 0 aromatic heterocycles. The molecular formula is C10H22N2O. The summed E-state index contributed by atoms with van der Waals surface area (Å²) in [6.07, 6.45) is 2.81. The van der Waals surface area contributed by atoms with E-state index in [1.807, 2.05) is 0 Å². The second-order valence-electron chi connectivity index (χ2n) is 4.46. The molecule has 0 amide bonds. The molecule has 0 spiro atoms. The van der Waals surface area contributed by atoms with Crippen molar-refractivity contribution in [3.05, 3.63) is 0 Å². The van der Waals surface area contributed by atoms with Crippen molar-refractivity contribution >= 4 is 0 Å². The molecule has 0 aliphatic carbocycles. The zero-order valence-corrected chi connectivity index (χ0v) is 9.05. The molecule has 0 aromatic carbocycles. The summed E-state index contributed by atoms with van der Waals surface area (Å²) in [5.74, 6) is 0. The van der Waals surface area contributed by atoms with Crippen LogP contribution in [0.5, 0.6) is 0 Å². The van der Waals surface area contributed by atoms with E-state index in [4.69, 9.17) is 10.5 Å². The molecule has 1 heterocycles. The summed E-state index contributed by atoms with van der Waals surface area (Å²) in [6, 6.07) is 0. The lowest BCUT2D eigenvalue weighted by Gasteiger charge is -2.42. The van der Waals surface area contributed by atoms with Crippen molar-refractivity contribution in [2.24, 2.45) is 5.73 Å². The van der Waals surface area contributed by atoms with E-state index in [0.717, 1.165) is 13.1 Å². The van der Waals surface area contributed by atoms with Crippen LogP contribution in [0.25, 0.3) is 0 Å². The third-order valence-corrected chi connectivity index (χ3v) is 3.07. The van der Waals surface area contributed by atoms with Gasteiger partial charge in [0.05, 0.1) is 6.10 Å². The second kappa shape index (κ2) is 4.40. The normalized spacial score (nSPS) is 26.3. The Labute approximate surface area is 81.2 Å². The van der Waals surface area contributed by atoms with Crippen LogP contribution in [0.2, 0.25) is 0 Å². The van der Waals surface area contributed by atoms with Crippen LogP contribution in [0.1, 0.15) is 26.7 Å². The fourth-order valence-electron chi connectivity index (χ4n) is 1.81. The van der Waals surface area contributed by atoms with Gasteiger partial charge in [-0.3, -0.25) is 4.90 Å². The molecular weight excluding hydrogens is 164 g/mol. The molecule has 1 aliphatic heterocycles. The Morgan fingerprint density at radius 3 is 2.77 bits per heavy atom. The van der Waals surface area contributed by atoms with Crippen molar-refractivity contribution in [1.82, 2.24) is 4.90 Å². The van der Waals surface area contributed by atoms with Gasteiger partial charge >= 0.3 is 0 Å². The quantitative estimate of drug-likeness (QED) is 0.709. The Hall–Kier alpha value is -0.120. The van der Waals surface area contributed by atoms with Crippen molar-refractivity contribution in [1.29, 1.82) is 0 Å². The zero-order chi connectivity index (χ0) is 9.90. The van der Waals surface area contributed by atoms with Crippen molar-refractivity contribution in [2.45, 2.75) is 38.3 Å². The van der Waals surface area contributed by atoms with Crippen molar-refractivity contribution in [2.75, 3.05) is 26.7 Å². The van der Waals surface area contributed by atoms with Crippen LogP contribution in [-0.4, -0.2) is 43.3 Å². The molecule has 2 N–H and O–H groups in total. The minimum atomic E-state index is 0.122. The van der Waals surface area contributed by atoms with Gasteiger partial charge in [-0.05, 0) is 33.2 Å². The summed E-state index contributed by atoms with van der Waals surface area (Å²) in [5.41, 5.74) is 5.86. The number of hydrogen-bond donors (Lipinski definition) is 1. The predicted molar refractivity (Wildman–Crippen MR) is 54.7 cm³/mol. The number of nitrogens with two attached hydrogens (primary N) is 1. The van der Waals surface area contributed by atoms with Gasteiger partial charge in [-0.1, -0.05) is 0 Å². The average molecular weight is 186 g/mol. The molecule has 1 fully saturated rings. The summed E-state index contributed by atoms with van der Waals surface area (Å²) >= 11 is 0. The SMILES string of the molecule is COC1CCCN(C(C)(C)CN)C1.